The molecule has 2 aromatic rings. The third-order valence-electron chi connectivity index (χ3n) is 2.70. The van der Waals surface area contributed by atoms with Gasteiger partial charge in [0, 0.05) is 6.54 Å². The van der Waals surface area contributed by atoms with Crippen LogP contribution in [0.5, 0.6) is 11.5 Å². The van der Waals surface area contributed by atoms with Crippen molar-refractivity contribution >= 4 is 22.6 Å². The Bertz CT molecular complexity index is 526. The van der Waals surface area contributed by atoms with E-state index in [2.05, 4.69) is 34.0 Å². The highest BCUT2D eigenvalue weighted by Gasteiger charge is 2.10. The second-order valence-electron chi connectivity index (χ2n) is 4.00. The zero-order valence-corrected chi connectivity index (χ0v) is 13.1. The molecule has 1 heterocycles. The molecule has 0 unspecified atom stereocenters. The van der Waals surface area contributed by atoms with Gasteiger partial charge >= 0.3 is 0 Å². The lowest BCUT2D eigenvalue weighted by atomic mass is 10.2. The van der Waals surface area contributed by atoms with Crippen molar-refractivity contribution in [1.29, 1.82) is 0 Å². The van der Waals surface area contributed by atoms with Crippen LogP contribution < -0.4 is 14.8 Å². The van der Waals surface area contributed by atoms with Gasteiger partial charge in [0.15, 0.2) is 11.5 Å². The number of halogens is 1. The summed E-state index contributed by atoms with van der Waals surface area (Å²) in [6.45, 7) is 1.45. The fourth-order valence-electron chi connectivity index (χ4n) is 1.82. The highest BCUT2D eigenvalue weighted by atomic mass is 127. The normalized spacial score (nSPS) is 10.5. The van der Waals surface area contributed by atoms with Gasteiger partial charge in [-0.2, -0.15) is 0 Å². The van der Waals surface area contributed by atoms with Gasteiger partial charge in [-0.05, 0) is 52.4 Å². The van der Waals surface area contributed by atoms with E-state index in [0.29, 0.717) is 6.54 Å². The molecule has 0 radical (unpaired) electrons. The van der Waals surface area contributed by atoms with Crippen molar-refractivity contribution in [2.75, 3.05) is 14.2 Å². The van der Waals surface area contributed by atoms with Crippen LogP contribution in [0.3, 0.4) is 0 Å². The molecule has 102 valence electrons. The quantitative estimate of drug-likeness (QED) is 0.790. The molecule has 1 aromatic carbocycles. The number of furan rings is 1. The van der Waals surface area contributed by atoms with Gasteiger partial charge in [0.2, 0.25) is 0 Å². The Kier molecular flexibility index (Phi) is 5.09. The lowest BCUT2D eigenvalue weighted by Gasteiger charge is -2.12. The van der Waals surface area contributed by atoms with Gasteiger partial charge in [0.1, 0.15) is 5.76 Å². The molecular formula is C14H16INO3. The standard InChI is InChI=1S/C14H16INO3/c1-17-13-7-10(6-12(15)14(13)18-2)8-16-9-11-4-3-5-19-11/h3-7,16H,8-9H2,1-2H3. The molecule has 5 heteroatoms. The lowest BCUT2D eigenvalue weighted by Crippen LogP contribution is -2.12. The predicted molar refractivity (Wildman–Crippen MR) is 81.5 cm³/mol. The fourth-order valence-corrected chi connectivity index (χ4v) is 2.70. The molecular weight excluding hydrogens is 357 g/mol. The third-order valence-corrected chi connectivity index (χ3v) is 3.50. The number of nitrogens with one attached hydrogen (secondary N) is 1. The fraction of sp³-hybridized carbons (Fsp3) is 0.286. The maximum atomic E-state index is 5.33. The molecule has 0 aliphatic heterocycles. The van der Waals surface area contributed by atoms with E-state index in [1.54, 1.807) is 20.5 Å². The Hall–Kier alpha value is -1.21. The molecule has 0 aliphatic carbocycles. The van der Waals surface area contributed by atoms with Crippen molar-refractivity contribution in [3.8, 4) is 11.5 Å². The van der Waals surface area contributed by atoms with Gasteiger partial charge in [-0.15, -0.1) is 0 Å². The van der Waals surface area contributed by atoms with Crippen molar-refractivity contribution in [2.24, 2.45) is 0 Å². The first-order valence-corrected chi connectivity index (χ1v) is 6.96. The molecule has 1 aromatic heterocycles. The largest absolute Gasteiger partial charge is 0.493 e. The van der Waals surface area contributed by atoms with Gasteiger partial charge in [0.25, 0.3) is 0 Å². The maximum Gasteiger partial charge on any atom is 0.174 e. The molecule has 0 saturated carbocycles. The first kappa shape index (κ1) is 14.2. The SMILES string of the molecule is COc1cc(CNCc2ccco2)cc(I)c1OC. The van der Waals surface area contributed by atoms with E-state index in [1.807, 2.05) is 18.2 Å². The van der Waals surface area contributed by atoms with Crippen molar-refractivity contribution < 1.29 is 13.9 Å². The molecule has 19 heavy (non-hydrogen) atoms. The molecule has 0 saturated heterocycles. The molecule has 2 rings (SSSR count). The molecule has 0 amide bonds. The summed E-state index contributed by atoms with van der Waals surface area (Å²) in [4.78, 5) is 0. The van der Waals surface area contributed by atoms with Gasteiger partial charge in [-0.1, -0.05) is 0 Å². The minimum atomic E-state index is 0.706. The predicted octanol–water partition coefficient (Wildman–Crippen LogP) is 3.19. The number of rotatable bonds is 6. The van der Waals surface area contributed by atoms with Crippen LogP contribution in [0, 0.1) is 3.57 Å². The summed E-state index contributed by atoms with van der Waals surface area (Å²) in [5.41, 5.74) is 1.15. The third kappa shape index (κ3) is 3.63. The van der Waals surface area contributed by atoms with E-state index < -0.39 is 0 Å². The summed E-state index contributed by atoms with van der Waals surface area (Å²) in [6.07, 6.45) is 1.68. The minimum Gasteiger partial charge on any atom is -0.493 e. The van der Waals surface area contributed by atoms with Crippen LogP contribution in [0.2, 0.25) is 0 Å². The van der Waals surface area contributed by atoms with Crippen molar-refractivity contribution in [2.45, 2.75) is 13.1 Å². The first-order chi connectivity index (χ1) is 9.24. The Labute approximate surface area is 126 Å². The monoisotopic (exact) mass is 373 g/mol. The Balaban J connectivity index is 2.02. The maximum absolute atomic E-state index is 5.33. The van der Waals surface area contributed by atoms with Gasteiger partial charge in [-0.25, -0.2) is 0 Å². The van der Waals surface area contributed by atoms with E-state index in [0.717, 1.165) is 32.9 Å². The van der Waals surface area contributed by atoms with Gasteiger partial charge in [0.05, 0.1) is 30.6 Å². The Morgan fingerprint density at radius 1 is 1.21 bits per heavy atom. The molecule has 0 atom stereocenters. The summed E-state index contributed by atoms with van der Waals surface area (Å²) in [7, 11) is 3.29. The first-order valence-electron chi connectivity index (χ1n) is 5.88. The summed E-state index contributed by atoms with van der Waals surface area (Å²) >= 11 is 2.25. The Morgan fingerprint density at radius 3 is 2.68 bits per heavy atom. The van der Waals surface area contributed by atoms with Crippen molar-refractivity contribution in [3.63, 3.8) is 0 Å². The van der Waals surface area contributed by atoms with Crippen LogP contribution in [0.1, 0.15) is 11.3 Å². The highest BCUT2D eigenvalue weighted by molar-refractivity contribution is 14.1. The van der Waals surface area contributed by atoms with E-state index >= 15 is 0 Å². The molecule has 0 fully saturated rings. The minimum absolute atomic E-state index is 0.706. The van der Waals surface area contributed by atoms with Crippen LogP contribution in [-0.2, 0) is 13.1 Å². The molecule has 0 aliphatic rings. The van der Waals surface area contributed by atoms with Crippen LogP contribution in [0.15, 0.2) is 34.9 Å². The van der Waals surface area contributed by atoms with Crippen LogP contribution in [0.25, 0.3) is 0 Å². The summed E-state index contributed by atoms with van der Waals surface area (Å²) < 4.78 is 17.0. The van der Waals surface area contributed by atoms with E-state index in [-0.39, 0.29) is 0 Å². The number of hydrogen-bond donors (Lipinski definition) is 1. The zero-order chi connectivity index (χ0) is 13.7. The number of hydrogen-bond acceptors (Lipinski definition) is 4. The van der Waals surface area contributed by atoms with E-state index in [1.165, 1.54) is 0 Å². The molecule has 0 spiro atoms. The second-order valence-corrected chi connectivity index (χ2v) is 5.16. The average molecular weight is 373 g/mol. The van der Waals surface area contributed by atoms with Crippen LogP contribution in [-0.4, -0.2) is 14.2 Å². The number of benzene rings is 1. The molecule has 4 nitrogen and oxygen atoms in total. The van der Waals surface area contributed by atoms with Gasteiger partial charge < -0.3 is 19.2 Å². The van der Waals surface area contributed by atoms with Crippen molar-refractivity contribution in [3.05, 3.63) is 45.4 Å². The molecule has 0 bridgehead atoms. The topological polar surface area (TPSA) is 43.6 Å². The smallest absolute Gasteiger partial charge is 0.174 e. The zero-order valence-electron chi connectivity index (χ0n) is 10.9. The molecule has 1 N–H and O–H groups in total. The Morgan fingerprint density at radius 2 is 2.05 bits per heavy atom. The van der Waals surface area contributed by atoms with Crippen LogP contribution in [0.4, 0.5) is 0 Å². The highest BCUT2D eigenvalue weighted by Crippen LogP contribution is 2.33. The second kappa shape index (κ2) is 6.81. The lowest BCUT2D eigenvalue weighted by molar-refractivity contribution is 0.352. The number of methoxy groups -OCH3 is 2. The summed E-state index contributed by atoms with van der Waals surface area (Å²) in [5, 5.41) is 3.33. The van der Waals surface area contributed by atoms with E-state index in [9.17, 15) is 0 Å². The summed E-state index contributed by atoms with van der Waals surface area (Å²) in [5.74, 6) is 2.46. The van der Waals surface area contributed by atoms with Crippen molar-refractivity contribution in [1.82, 2.24) is 5.32 Å². The average Bonchev–Trinajstić information content (AvgIpc) is 2.91. The number of ether oxygens (including phenoxy) is 2. The van der Waals surface area contributed by atoms with Gasteiger partial charge in [-0.3, -0.25) is 0 Å². The van der Waals surface area contributed by atoms with E-state index in [4.69, 9.17) is 13.9 Å². The van der Waals surface area contributed by atoms with Crippen LogP contribution >= 0.6 is 22.6 Å². The summed E-state index contributed by atoms with van der Waals surface area (Å²) in [6, 6.07) is 7.90.